The highest BCUT2D eigenvalue weighted by atomic mass is 16.5. The molecule has 0 spiro atoms. The Hall–Kier alpha value is -3.48. The van der Waals surface area contributed by atoms with E-state index in [1.54, 1.807) is 25.2 Å². The van der Waals surface area contributed by atoms with E-state index in [2.05, 4.69) is 10.3 Å². The van der Waals surface area contributed by atoms with Gasteiger partial charge in [-0.15, -0.1) is 0 Å². The maximum Gasteiger partial charge on any atom is 0.306 e. The number of nitrogens with zero attached hydrogens (tertiary/aromatic N) is 2. The minimum atomic E-state index is -0.520. The predicted molar refractivity (Wildman–Crippen MR) is 115 cm³/mol. The number of ether oxygens (including phenoxy) is 1. The van der Waals surface area contributed by atoms with E-state index >= 15 is 0 Å². The van der Waals surface area contributed by atoms with Crippen molar-refractivity contribution < 1.29 is 14.3 Å². The number of benzene rings is 2. The van der Waals surface area contributed by atoms with Gasteiger partial charge < -0.3 is 10.1 Å². The van der Waals surface area contributed by atoms with Gasteiger partial charge in [0.15, 0.2) is 6.61 Å². The van der Waals surface area contributed by atoms with Gasteiger partial charge >= 0.3 is 5.97 Å². The van der Waals surface area contributed by atoms with Gasteiger partial charge in [-0.3, -0.25) is 19.0 Å². The molecule has 2 aromatic carbocycles. The molecule has 0 saturated carbocycles. The largest absolute Gasteiger partial charge is 0.456 e. The number of anilines is 1. The molecule has 1 N–H and O–H groups in total. The summed E-state index contributed by atoms with van der Waals surface area (Å²) in [6.45, 7) is 3.57. The zero-order valence-electron chi connectivity index (χ0n) is 17.4. The number of fused-ring (bicyclic) bond motifs is 1. The number of carbonyl (C=O) groups excluding carboxylic acids is 2. The summed E-state index contributed by atoms with van der Waals surface area (Å²) in [5.74, 6) is -0.413. The molecule has 1 aromatic heterocycles. The summed E-state index contributed by atoms with van der Waals surface area (Å²) in [5, 5.41) is 3.35. The molecule has 1 heterocycles. The lowest BCUT2D eigenvalue weighted by Gasteiger charge is -2.13. The fourth-order valence-corrected chi connectivity index (χ4v) is 3.30. The van der Waals surface area contributed by atoms with Crippen LogP contribution in [0.2, 0.25) is 0 Å². The summed E-state index contributed by atoms with van der Waals surface area (Å²) in [6, 6.07) is 12.9. The Morgan fingerprint density at radius 1 is 1.13 bits per heavy atom. The molecule has 3 aromatic rings. The van der Waals surface area contributed by atoms with Crippen LogP contribution < -0.4 is 10.9 Å². The highest BCUT2D eigenvalue weighted by molar-refractivity contribution is 5.94. The number of para-hydroxylation sites is 2. The van der Waals surface area contributed by atoms with Crippen LogP contribution in [0.4, 0.5) is 5.69 Å². The summed E-state index contributed by atoms with van der Waals surface area (Å²) in [7, 11) is 1.63. The first-order valence-electron chi connectivity index (χ1n) is 9.89. The smallest absolute Gasteiger partial charge is 0.306 e. The summed E-state index contributed by atoms with van der Waals surface area (Å²) in [6.07, 6.45) is 1.06. The monoisotopic (exact) mass is 407 g/mol. The van der Waals surface area contributed by atoms with E-state index in [4.69, 9.17) is 4.74 Å². The molecule has 0 aliphatic carbocycles. The first kappa shape index (κ1) is 21.2. The van der Waals surface area contributed by atoms with Crippen molar-refractivity contribution in [2.45, 2.75) is 33.1 Å². The third kappa shape index (κ3) is 4.74. The molecule has 7 nitrogen and oxygen atoms in total. The van der Waals surface area contributed by atoms with Gasteiger partial charge in [-0.25, -0.2) is 4.98 Å². The third-order valence-corrected chi connectivity index (χ3v) is 5.00. The zero-order chi connectivity index (χ0) is 21.7. The number of amides is 1. The van der Waals surface area contributed by atoms with E-state index in [0.717, 1.165) is 23.2 Å². The van der Waals surface area contributed by atoms with Crippen molar-refractivity contribution in [2.75, 3.05) is 11.9 Å². The van der Waals surface area contributed by atoms with E-state index in [9.17, 15) is 14.4 Å². The van der Waals surface area contributed by atoms with Crippen LogP contribution in [0.3, 0.4) is 0 Å². The topological polar surface area (TPSA) is 90.3 Å². The average molecular weight is 407 g/mol. The van der Waals surface area contributed by atoms with Gasteiger partial charge in [-0.2, -0.15) is 0 Å². The van der Waals surface area contributed by atoms with Crippen molar-refractivity contribution in [1.82, 2.24) is 9.55 Å². The molecule has 30 heavy (non-hydrogen) atoms. The maximum atomic E-state index is 12.4. The van der Waals surface area contributed by atoms with Crippen molar-refractivity contribution in [3.63, 3.8) is 0 Å². The van der Waals surface area contributed by atoms with Crippen LogP contribution in [0, 0.1) is 6.92 Å². The second-order valence-corrected chi connectivity index (χ2v) is 7.08. The molecule has 1 amide bonds. The van der Waals surface area contributed by atoms with E-state index in [1.165, 1.54) is 4.57 Å². The van der Waals surface area contributed by atoms with Gasteiger partial charge in [0, 0.05) is 19.2 Å². The van der Waals surface area contributed by atoms with E-state index in [1.807, 2.05) is 38.1 Å². The normalized spacial score (nSPS) is 10.8. The Morgan fingerprint density at radius 2 is 1.90 bits per heavy atom. The minimum Gasteiger partial charge on any atom is -0.456 e. The zero-order valence-corrected chi connectivity index (χ0v) is 17.4. The Kier molecular flexibility index (Phi) is 6.61. The standard InChI is InChI=1S/C23H25N3O4/c1-4-16-9-7-8-15(2)22(16)25-20(27)14-30-21(28)13-12-19-24-18-11-6-5-10-17(18)23(29)26(19)3/h5-11H,4,12-14H2,1-3H3,(H,25,27). The van der Waals surface area contributed by atoms with Gasteiger partial charge in [0.25, 0.3) is 11.5 Å². The number of aromatic nitrogens is 2. The van der Waals surface area contributed by atoms with Crippen molar-refractivity contribution in [1.29, 1.82) is 0 Å². The molecule has 0 radical (unpaired) electrons. The second-order valence-electron chi connectivity index (χ2n) is 7.08. The summed E-state index contributed by atoms with van der Waals surface area (Å²) >= 11 is 0. The number of nitrogens with one attached hydrogen (secondary N) is 1. The number of carbonyl (C=O) groups is 2. The number of hydrogen-bond acceptors (Lipinski definition) is 5. The number of rotatable bonds is 7. The van der Waals surface area contributed by atoms with Crippen LogP contribution in [-0.2, 0) is 34.2 Å². The van der Waals surface area contributed by atoms with E-state index in [-0.39, 0.29) is 30.9 Å². The van der Waals surface area contributed by atoms with Crippen molar-refractivity contribution in [3.8, 4) is 0 Å². The van der Waals surface area contributed by atoms with E-state index in [0.29, 0.717) is 16.7 Å². The van der Waals surface area contributed by atoms with Gasteiger partial charge in [0.1, 0.15) is 5.82 Å². The number of aryl methyl sites for hydroxylation is 3. The van der Waals surface area contributed by atoms with E-state index < -0.39 is 5.97 Å². The van der Waals surface area contributed by atoms with Gasteiger partial charge in [0.05, 0.1) is 17.3 Å². The quantitative estimate of drug-likeness (QED) is 0.608. The maximum absolute atomic E-state index is 12.4. The molecule has 156 valence electrons. The summed E-state index contributed by atoms with van der Waals surface area (Å²) in [4.78, 5) is 41.2. The van der Waals surface area contributed by atoms with Crippen LogP contribution in [0.1, 0.15) is 30.3 Å². The molecule has 0 saturated heterocycles. The van der Waals surface area contributed by atoms with Gasteiger partial charge in [-0.1, -0.05) is 37.3 Å². The lowest BCUT2D eigenvalue weighted by molar-refractivity contribution is -0.147. The van der Waals surface area contributed by atoms with Crippen LogP contribution in [0.5, 0.6) is 0 Å². The molecule has 3 rings (SSSR count). The molecule has 7 heteroatoms. The molecule has 0 aliphatic heterocycles. The highest BCUT2D eigenvalue weighted by Gasteiger charge is 2.13. The van der Waals surface area contributed by atoms with Gasteiger partial charge in [-0.05, 0) is 36.6 Å². The first-order valence-corrected chi connectivity index (χ1v) is 9.89. The summed E-state index contributed by atoms with van der Waals surface area (Å²) in [5.41, 5.74) is 3.17. The molecule has 0 aliphatic rings. The lowest BCUT2D eigenvalue weighted by atomic mass is 10.1. The molecule has 0 bridgehead atoms. The minimum absolute atomic E-state index is 0.0243. The third-order valence-electron chi connectivity index (χ3n) is 5.00. The summed E-state index contributed by atoms with van der Waals surface area (Å²) < 4.78 is 6.54. The predicted octanol–water partition coefficient (Wildman–Crippen LogP) is 2.92. The van der Waals surface area contributed by atoms with Crippen molar-refractivity contribution in [2.24, 2.45) is 7.05 Å². The fourth-order valence-electron chi connectivity index (χ4n) is 3.30. The Morgan fingerprint density at radius 3 is 2.67 bits per heavy atom. The van der Waals surface area contributed by atoms with Crippen LogP contribution >= 0.6 is 0 Å². The average Bonchev–Trinajstić information content (AvgIpc) is 2.75. The Labute approximate surface area is 174 Å². The van der Waals surface area contributed by atoms with Crippen LogP contribution in [0.15, 0.2) is 47.3 Å². The number of hydrogen-bond donors (Lipinski definition) is 1. The van der Waals surface area contributed by atoms with Gasteiger partial charge in [0.2, 0.25) is 0 Å². The SMILES string of the molecule is CCc1cccc(C)c1NC(=O)COC(=O)CCc1nc2ccccc2c(=O)n1C. The number of esters is 1. The van der Waals surface area contributed by atoms with Crippen molar-refractivity contribution >= 4 is 28.5 Å². The van der Waals surface area contributed by atoms with Crippen LogP contribution in [-0.4, -0.2) is 28.0 Å². The lowest BCUT2D eigenvalue weighted by Crippen LogP contribution is -2.24. The Balaban J connectivity index is 1.57. The molecular weight excluding hydrogens is 382 g/mol. The Bertz CT molecular complexity index is 1150. The van der Waals surface area contributed by atoms with Crippen LogP contribution in [0.25, 0.3) is 10.9 Å². The second kappa shape index (κ2) is 9.35. The van der Waals surface area contributed by atoms with Crippen molar-refractivity contribution in [3.05, 3.63) is 69.8 Å². The molecule has 0 fully saturated rings. The first-order chi connectivity index (χ1) is 14.4. The molecular formula is C23H25N3O4. The molecule has 0 atom stereocenters. The fraction of sp³-hybridized carbons (Fsp3) is 0.304. The highest BCUT2D eigenvalue weighted by Crippen LogP contribution is 2.20. The molecule has 0 unspecified atom stereocenters.